The normalized spacial score (nSPS) is 9.68. The molecule has 0 saturated heterocycles. The minimum Gasteiger partial charge on any atom is -0.462 e. The molecule has 2 aromatic rings. The number of esters is 1. The molecule has 1 aromatic carbocycles. The monoisotopic (exact) mass is 252 g/mol. The van der Waals surface area contributed by atoms with E-state index < -0.39 is 5.97 Å². The molecule has 2 rings (SSSR count). The van der Waals surface area contributed by atoms with Gasteiger partial charge in [0.05, 0.1) is 17.9 Å². The summed E-state index contributed by atoms with van der Waals surface area (Å²) in [5.41, 5.74) is 1.89. The van der Waals surface area contributed by atoms with Gasteiger partial charge in [0.1, 0.15) is 11.8 Å². The van der Waals surface area contributed by atoms with Crippen molar-refractivity contribution in [1.82, 2.24) is 4.98 Å². The van der Waals surface area contributed by atoms with Gasteiger partial charge in [-0.15, -0.1) is 0 Å². The zero-order valence-corrected chi connectivity index (χ0v) is 10.5. The summed E-state index contributed by atoms with van der Waals surface area (Å²) in [6.07, 6.45) is 0. The van der Waals surface area contributed by atoms with Gasteiger partial charge in [-0.25, -0.2) is 9.78 Å². The molecule has 0 aliphatic rings. The lowest BCUT2D eigenvalue weighted by Crippen LogP contribution is -2.08. The van der Waals surface area contributed by atoms with Crippen LogP contribution in [0.15, 0.2) is 42.5 Å². The Hall–Kier alpha value is -2.67. The highest BCUT2D eigenvalue weighted by molar-refractivity contribution is 5.96. The van der Waals surface area contributed by atoms with Gasteiger partial charge in [0, 0.05) is 5.56 Å². The second-order valence-corrected chi connectivity index (χ2v) is 3.79. The molecule has 0 unspecified atom stereocenters. The van der Waals surface area contributed by atoms with Gasteiger partial charge < -0.3 is 4.74 Å². The van der Waals surface area contributed by atoms with Crippen LogP contribution in [-0.4, -0.2) is 17.6 Å². The first-order valence-electron chi connectivity index (χ1n) is 5.90. The highest BCUT2D eigenvalue weighted by Crippen LogP contribution is 2.22. The van der Waals surface area contributed by atoms with Gasteiger partial charge in [-0.3, -0.25) is 0 Å². The minimum absolute atomic E-state index is 0.270. The number of pyridine rings is 1. The Morgan fingerprint density at radius 2 is 2.00 bits per heavy atom. The number of nitriles is 1. The smallest absolute Gasteiger partial charge is 0.340 e. The van der Waals surface area contributed by atoms with Crippen LogP contribution >= 0.6 is 0 Å². The number of nitrogens with zero attached hydrogens (tertiary/aromatic N) is 2. The standard InChI is InChI=1S/C15H12N2O2/c1-2-19-15(18)13-9-8-12(10-16)17-14(13)11-6-4-3-5-7-11/h3-9H,2H2,1H3. The third kappa shape index (κ3) is 2.78. The molecule has 94 valence electrons. The van der Waals surface area contributed by atoms with Crippen molar-refractivity contribution in [2.45, 2.75) is 6.92 Å². The maximum atomic E-state index is 11.9. The number of hydrogen-bond donors (Lipinski definition) is 0. The Bertz CT molecular complexity index is 630. The molecule has 0 fully saturated rings. The molecule has 0 N–H and O–H groups in total. The van der Waals surface area contributed by atoms with E-state index in [1.54, 1.807) is 13.0 Å². The van der Waals surface area contributed by atoms with Crippen molar-refractivity contribution in [2.24, 2.45) is 0 Å². The minimum atomic E-state index is -0.432. The molecule has 0 radical (unpaired) electrons. The molecule has 1 aromatic heterocycles. The molecule has 0 amide bonds. The van der Waals surface area contributed by atoms with Crippen LogP contribution in [0.5, 0.6) is 0 Å². The summed E-state index contributed by atoms with van der Waals surface area (Å²) in [6.45, 7) is 2.05. The fourth-order valence-corrected chi connectivity index (χ4v) is 1.71. The summed E-state index contributed by atoms with van der Waals surface area (Å²) in [7, 11) is 0. The van der Waals surface area contributed by atoms with Gasteiger partial charge in [0.25, 0.3) is 0 Å². The third-order valence-corrected chi connectivity index (χ3v) is 2.55. The third-order valence-electron chi connectivity index (χ3n) is 2.55. The van der Waals surface area contributed by atoms with E-state index in [4.69, 9.17) is 10.00 Å². The lowest BCUT2D eigenvalue weighted by molar-refractivity contribution is 0.0527. The molecular weight excluding hydrogens is 240 g/mol. The number of ether oxygens (including phenoxy) is 1. The van der Waals surface area contributed by atoms with E-state index >= 15 is 0 Å². The molecule has 0 bridgehead atoms. The zero-order valence-electron chi connectivity index (χ0n) is 10.5. The van der Waals surface area contributed by atoms with E-state index in [9.17, 15) is 4.79 Å². The predicted octanol–water partition coefficient (Wildman–Crippen LogP) is 2.80. The number of hydrogen-bond acceptors (Lipinski definition) is 4. The maximum absolute atomic E-state index is 11.9. The molecule has 4 nitrogen and oxygen atoms in total. The summed E-state index contributed by atoms with van der Waals surface area (Å²) in [6, 6.07) is 14.3. The van der Waals surface area contributed by atoms with Crippen LogP contribution in [0.4, 0.5) is 0 Å². The van der Waals surface area contributed by atoms with Gasteiger partial charge in [0.15, 0.2) is 0 Å². The average Bonchev–Trinajstić information content (AvgIpc) is 2.47. The highest BCUT2D eigenvalue weighted by Gasteiger charge is 2.15. The molecule has 0 atom stereocenters. The molecule has 19 heavy (non-hydrogen) atoms. The van der Waals surface area contributed by atoms with Gasteiger partial charge in [-0.05, 0) is 19.1 Å². The van der Waals surface area contributed by atoms with Crippen molar-refractivity contribution in [3.63, 3.8) is 0 Å². The van der Waals surface area contributed by atoms with Crippen LogP contribution in [0.3, 0.4) is 0 Å². The summed E-state index contributed by atoms with van der Waals surface area (Å²) >= 11 is 0. The van der Waals surface area contributed by atoms with E-state index in [1.807, 2.05) is 36.4 Å². The molecule has 0 spiro atoms. The first-order chi connectivity index (χ1) is 9.26. The van der Waals surface area contributed by atoms with Crippen LogP contribution in [0.2, 0.25) is 0 Å². The van der Waals surface area contributed by atoms with E-state index in [0.717, 1.165) is 5.56 Å². The SMILES string of the molecule is CCOC(=O)c1ccc(C#N)nc1-c1ccccc1. The fraction of sp³-hybridized carbons (Fsp3) is 0.133. The zero-order chi connectivity index (χ0) is 13.7. The summed E-state index contributed by atoms with van der Waals surface area (Å²) in [4.78, 5) is 16.1. The Labute approximate surface area is 111 Å². The van der Waals surface area contributed by atoms with Crippen molar-refractivity contribution < 1.29 is 9.53 Å². The second-order valence-electron chi connectivity index (χ2n) is 3.79. The van der Waals surface area contributed by atoms with Crippen molar-refractivity contribution in [2.75, 3.05) is 6.61 Å². The van der Waals surface area contributed by atoms with Crippen molar-refractivity contribution >= 4 is 5.97 Å². The Morgan fingerprint density at radius 1 is 1.26 bits per heavy atom. The van der Waals surface area contributed by atoms with Gasteiger partial charge in [0.2, 0.25) is 0 Å². The largest absolute Gasteiger partial charge is 0.462 e. The number of aromatic nitrogens is 1. The van der Waals surface area contributed by atoms with Crippen LogP contribution in [-0.2, 0) is 4.74 Å². The number of carbonyl (C=O) groups excluding carboxylic acids is 1. The first-order valence-corrected chi connectivity index (χ1v) is 5.90. The molecule has 0 saturated carbocycles. The van der Waals surface area contributed by atoms with Crippen molar-refractivity contribution in [3.8, 4) is 17.3 Å². The van der Waals surface area contributed by atoms with Crippen molar-refractivity contribution in [1.29, 1.82) is 5.26 Å². The van der Waals surface area contributed by atoms with Gasteiger partial charge in [-0.2, -0.15) is 5.26 Å². The molecule has 4 heteroatoms. The average molecular weight is 252 g/mol. The quantitative estimate of drug-likeness (QED) is 0.788. The number of benzene rings is 1. The number of rotatable bonds is 3. The second kappa shape index (κ2) is 5.78. The van der Waals surface area contributed by atoms with E-state index in [2.05, 4.69) is 4.98 Å². The van der Waals surface area contributed by atoms with Crippen LogP contribution < -0.4 is 0 Å². The fourth-order valence-electron chi connectivity index (χ4n) is 1.71. The van der Waals surface area contributed by atoms with Crippen LogP contribution in [0, 0.1) is 11.3 Å². The van der Waals surface area contributed by atoms with Gasteiger partial charge in [-0.1, -0.05) is 30.3 Å². The summed E-state index contributed by atoms with van der Waals surface area (Å²) < 4.78 is 5.00. The maximum Gasteiger partial charge on any atom is 0.340 e. The van der Waals surface area contributed by atoms with E-state index in [1.165, 1.54) is 6.07 Å². The van der Waals surface area contributed by atoms with Crippen molar-refractivity contribution in [3.05, 3.63) is 53.7 Å². The molecule has 0 aliphatic heterocycles. The first kappa shape index (κ1) is 12.8. The Kier molecular flexibility index (Phi) is 3.89. The number of carbonyl (C=O) groups is 1. The van der Waals surface area contributed by atoms with E-state index in [-0.39, 0.29) is 5.69 Å². The Balaban J connectivity index is 2.56. The summed E-state index contributed by atoms with van der Waals surface area (Å²) in [5, 5.41) is 8.91. The molecule has 1 heterocycles. The molecular formula is C15H12N2O2. The lowest BCUT2D eigenvalue weighted by atomic mass is 10.1. The van der Waals surface area contributed by atoms with E-state index in [0.29, 0.717) is 17.9 Å². The molecule has 0 aliphatic carbocycles. The predicted molar refractivity (Wildman–Crippen MR) is 70.3 cm³/mol. The van der Waals surface area contributed by atoms with Crippen LogP contribution in [0.25, 0.3) is 11.3 Å². The lowest BCUT2D eigenvalue weighted by Gasteiger charge is -2.08. The van der Waals surface area contributed by atoms with Crippen LogP contribution in [0.1, 0.15) is 23.0 Å². The summed E-state index contributed by atoms with van der Waals surface area (Å²) in [5.74, 6) is -0.432. The Morgan fingerprint density at radius 3 is 2.63 bits per heavy atom. The topological polar surface area (TPSA) is 63.0 Å². The highest BCUT2D eigenvalue weighted by atomic mass is 16.5. The van der Waals surface area contributed by atoms with Gasteiger partial charge >= 0.3 is 5.97 Å².